The Morgan fingerprint density at radius 3 is 2.52 bits per heavy atom. The van der Waals surface area contributed by atoms with Crippen molar-refractivity contribution in [1.29, 1.82) is 0 Å². The molecule has 0 spiro atoms. The van der Waals surface area contributed by atoms with E-state index in [1.807, 2.05) is 31.2 Å². The van der Waals surface area contributed by atoms with E-state index in [1.54, 1.807) is 6.26 Å². The lowest BCUT2D eigenvalue weighted by Gasteiger charge is -2.23. The molecule has 2 N–H and O–H groups in total. The average molecular weight is 314 g/mol. The second kappa shape index (κ2) is 7.31. The van der Waals surface area contributed by atoms with E-state index in [0.29, 0.717) is 12.4 Å². The first-order chi connectivity index (χ1) is 10.9. The average Bonchev–Trinajstić information content (AvgIpc) is 2.93. The summed E-state index contributed by atoms with van der Waals surface area (Å²) in [6.45, 7) is 11.7. The molecule has 0 saturated heterocycles. The first-order valence-electron chi connectivity index (χ1n) is 7.95. The van der Waals surface area contributed by atoms with Crippen LogP contribution in [-0.4, -0.2) is 23.0 Å². The Hall–Kier alpha value is -2.30. The van der Waals surface area contributed by atoms with Crippen LogP contribution in [0, 0.1) is 6.92 Å². The van der Waals surface area contributed by atoms with Gasteiger partial charge in [0.2, 0.25) is 5.89 Å². The minimum atomic E-state index is -0.0438. The molecule has 2 aromatic rings. The molecule has 0 atom stereocenters. The third-order valence-corrected chi connectivity index (χ3v) is 3.09. The van der Waals surface area contributed by atoms with Crippen molar-refractivity contribution in [3.63, 3.8) is 0 Å². The summed E-state index contributed by atoms with van der Waals surface area (Å²) in [5.41, 5.74) is 2.96. The predicted octanol–water partition coefficient (Wildman–Crippen LogP) is 3.50. The number of nitrogens with one attached hydrogen (secondary N) is 2. The molecule has 2 rings (SSSR count). The van der Waals surface area contributed by atoms with Crippen molar-refractivity contribution < 1.29 is 4.42 Å². The highest BCUT2D eigenvalue weighted by Gasteiger charge is 2.12. The topological polar surface area (TPSA) is 62.5 Å². The Morgan fingerprint density at radius 2 is 1.91 bits per heavy atom. The number of aryl methyl sites for hydroxylation is 1. The molecule has 1 aromatic carbocycles. The zero-order chi connectivity index (χ0) is 16.9. The summed E-state index contributed by atoms with van der Waals surface area (Å²) in [5, 5.41) is 6.59. The van der Waals surface area contributed by atoms with Gasteiger partial charge in [-0.25, -0.2) is 9.98 Å². The van der Waals surface area contributed by atoms with Crippen molar-refractivity contribution in [2.45, 2.75) is 46.7 Å². The lowest BCUT2D eigenvalue weighted by Crippen LogP contribution is -2.47. The summed E-state index contributed by atoms with van der Waals surface area (Å²) in [7, 11) is 0. The molecule has 0 radical (unpaired) electrons. The van der Waals surface area contributed by atoms with Crippen LogP contribution in [0.5, 0.6) is 0 Å². The minimum absolute atomic E-state index is 0.0438. The van der Waals surface area contributed by atoms with Crippen LogP contribution >= 0.6 is 0 Å². The molecular weight excluding hydrogens is 288 g/mol. The van der Waals surface area contributed by atoms with E-state index in [1.165, 1.54) is 5.56 Å². The van der Waals surface area contributed by atoms with Crippen molar-refractivity contribution in [2.24, 2.45) is 4.99 Å². The van der Waals surface area contributed by atoms with Gasteiger partial charge in [0.05, 0.1) is 6.54 Å². The zero-order valence-corrected chi connectivity index (χ0v) is 14.6. The third-order valence-electron chi connectivity index (χ3n) is 3.09. The third kappa shape index (κ3) is 5.43. The molecule has 5 heteroatoms. The molecule has 0 saturated carbocycles. The van der Waals surface area contributed by atoms with Gasteiger partial charge in [-0.3, -0.25) is 0 Å². The van der Waals surface area contributed by atoms with Crippen LogP contribution in [0.25, 0.3) is 11.5 Å². The zero-order valence-electron chi connectivity index (χ0n) is 14.6. The van der Waals surface area contributed by atoms with Gasteiger partial charge in [-0.15, -0.1) is 0 Å². The summed E-state index contributed by atoms with van der Waals surface area (Å²) < 4.78 is 5.56. The fourth-order valence-electron chi connectivity index (χ4n) is 2.03. The molecule has 0 aliphatic heterocycles. The van der Waals surface area contributed by atoms with E-state index >= 15 is 0 Å². The molecule has 0 aliphatic rings. The second-order valence-electron chi connectivity index (χ2n) is 6.58. The van der Waals surface area contributed by atoms with E-state index in [4.69, 9.17) is 4.42 Å². The van der Waals surface area contributed by atoms with Crippen LogP contribution in [0.1, 0.15) is 39.0 Å². The molecule has 0 amide bonds. The van der Waals surface area contributed by atoms with E-state index in [0.717, 1.165) is 23.8 Å². The summed E-state index contributed by atoms with van der Waals surface area (Å²) >= 11 is 0. The largest absolute Gasteiger partial charge is 0.444 e. The fourth-order valence-corrected chi connectivity index (χ4v) is 2.03. The van der Waals surface area contributed by atoms with Crippen LogP contribution in [0.15, 0.2) is 39.9 Å². The fraction of sp³-hybridized carbons (Fsp3) is 0.444. The molecule has 124 valence electrons. The van der Waals surface area contributed by atoms with E-state index in [-0.39, 0.29) is 5.54 Å². The highest BCUT2D eigenvalue weighted by molar-refractivity contribution is 5.80. The van der Waals surface area contributed by atoms with Gasteiger partial charge in [0.15, 0.2) is 5.96 Å². The van der Waals surface area contributed by atoms with Gasteiger partial charge in [-0.2, -0.15) is 0 Å². The number of nitrogens with zero attached hydrogens (tertiary/aromatic N) is 2. The normalized spacial score (nSPS) is 12.3. The number of guanidine groups is 1. The highest BCUT2D eigenvalue weighted by Crippen LogP contribution is 2.19. The van der Waals surface area contributed by atoms with E-state index in [2.05, 4.69) is 48.3 Å². The number of benzene rings is 1. The number of aromatic nitrogens is 1. The summed E-state index contributed by atoms with van der Waals surface area (Å²) in [6.07, 6.45) is 1.67. The lowest BCUT2D eigenvalue weighted by molar-refractivity contribution is 0.501. The van der Waals surface area contributed by atoms with E-state index < -0.39 is 0 Å². The van der Waals surface area contributed by atoms with Crippen LogP contribution in [0.2, 0.25) is 0 Å². The Morgan fingerprint density at radius 1 is 1.22 bits per heavy atom. The maximum Gasteiger partial charge on any atom is 0.226 e. The summed E-state index contributed by atoms with van der Waals surface area (Å²) in [4.78, 5) is 9.07. The molecule has 0 aliphatic carbocycles. The number of aliphatic imine (C=N–C) groups is 1. The van der Waals surface area contributed by atoms with Crippen molar-refractivity contribution in [3.05, 3.63) is 41.8 Å². The predicted molar refractivity (Wildman–Crippen MR) is 94.4 cm³/mol. The number of oxazole rings is 1. The van der Waals surface area contributed by atoms with Crippen molar-refractivity contribution in [3.8, 4) is 11.5 Å². The van der Waals surface area contributed by atoms with Crippen molar-refractivity contribution in [2.75, 3.05) is 6.54 Å². The van der Waals surface area contributed by atoms with Crippen molar-refractivity contribution >= 4 is 5.96 Å². The maximum atomic E-state index is 5.56. The molecule has 0 unspecified atom stereocenters. The molecule has 0 fully saturated rings. The minimum Gasteiger partial charge on any atom is -0.444 e. The molecule has 1 aromatic heterocycles. The molecule has 23 heavy (non-hydrogen) atoms. The Kier molecular flexibility index (Phi) is 5.42. The monoisotopic (exact) mass is 314 g/mol. The van der Waals surface area contributed by atoms with Gasteiger partial charge >= 0.3 is 0 Å². The molecular formula is C18H26N4O. The van der Waals surface area contributed by atoms with Gasteiger partial charge in [-0.05, 0) is 46.8 Å². The standard InChI is InChI=1S/C18H26N4O/c1-6-19-17(22-18(3,4)5)20-11-15-12-23-16(21-15)14-9-7-13(2)8-10-14/h7-10,12H,6,11H2,1-5H3,(H2,19,20,22). The van der Waals surface area contributed by atoms with Crippen LogP contribution in [0.3, 0.4) is 0 Å². The molecule has 1 heterocycles. The summed E-state index contributed by atoms with van der Waals surface area (Å²) in [5.74, 6) is 1.41. The molecule has 5 nitrogen and oxygen atoms in total. The number of hydrogen-bond acceptors (Lipinski definition) is 3. The Labute approximate surface area is 138 Å². The number of hydrogen-bond donors (Lipinski definition) is 2. The van der Waals surface area contributed by atoms with Gasteiger partial charge < -0.3 is 15.1 Å². The van der Waals surface area contributed by atoms with Gasteiger partial charge in [0.25, 0.3) is 0 Å². The Balaban J connectivity index is 2.07. The van der Waals surface area contributed by atoms with Crippen molar-refractivity contribution in [1.82, 2.24) is 15.6 Å². The summed E-state index contributed by atoms with van der Waals surface area (Å²) in [6, 6.07) is 8.13. The van der Waals surface area contributed by atoms with Gasteiger partial charge in [0, 0.05) is 17.6 Å². The van der Waals surface area contributed by atoms with E-state index in [9.17, 15) is 0 Å². The quantitative estimate of drug-likeness (QED) is 0.670. The maximum absolute atomic E-state index is 5.56. The first-order valence-corrected chi connectivity index (χ1v) is 7.95. The highest BCUT2D eigenvalue weighted by atomic mass is 16.3. The lowest BCUT2D eigenvalue weighted by atomic mass is 10.1. The second-order valence-corrected chi connectivity index (χ2v) is 6.58. The smallest absolute Gasteiger partial charge is 0.226 e. The van der Waals surface area contributed by atoms with Crippen LogP contribution in [-0.2, 0) is 6.54 Å². The Bertz CT molecular complexity index is 650. The van der Waals surface area contributed by atoms with Gasteiger partial charge in [-0.1, -0.05) is 17.7 Å². The molecule has 0 bridgehead atoms. The van der Waals surface area contributed by atoms with Gasteiger partial charge in [0.1, 0.15) is 12.0 Å². The van der Waals surface area contributed by atoms with Crippen LogP contribution < -0.4 is 10.6 Å². The van der Waals surface area contributed by atoms with Crippen LogP contribution in [0.4, 0.5) is 0 Å². The number of rotatable bonds is 4. The SMILES string of the molecule is CCNC(=NCc1coc(-c2ccc(C)cc2)n1)NC(C)(C)C. The first kappa shape index (κ1) is 17.1.